The van der Waals surface area contributed by atoms with E-state index in [9.17, 15) is 4.79 Å². The van der Waals surface area contributed by atoms with E-state index in [1.165, 1.54) is 18.4 Å². The maximum Gasteiger partial charge on any atom is 0.224 e. The molecule has 2 unspecified atom stereocenters. The molecule has 0 spiro atoms. The van der Waals surface area contributed by atoms with Gasteiger partial charge in [0.2, 0.25) is 5.91 Å². The summed E-state index contributed by atoms with van der Waals surface area (Å²) in [7, 11) is 1.88. The minimum atomic E-state index is -0.00204. The highest BCUT2D eigenvalue weighted by molar-refractivity contribution is 5.85. The predicted molar refractivity (Wildman–Crippen MR) is 110 cm³/mol. The number of likely N-dealkylation sites (tertiary alicyclic amines) is 1. The monoisotopic (exact) mass is 389 g/mol. The molecule has 2 N–H and O–H groups in total. The molecular formula is C19H33Cl2N3O. The molecule has 0 bridgehead atoms. The summed E-state index contributed by atoms with van der Waals surface area (Å²) in [6.45, 7) is 7.92. The van der Waals surface area contributed by atoms with Gasteiger partial charge in [-0.2, -0.15) is 0 Å². The Labute approximate surface area is 164 Å². The van der Waals surface area contributed by atoms with Gasteiger partial charge in [-0.1, -0.05) is 44.2 Å². The molecule has 1 aliphatic rings. The SMILES string of the molecule is CNCC(C)C(=O)NCC(c1ccccc1)N1CCC(C)CC1.Cl.Cl. The van der Waals surface area contributed by atoms with E-state index in [-0.39, 0.29) is 42.7 Å². The predicted octanol–water partition coefficient (Wildman–Crippen LogP) is 3.27. The number of nitrogens with zero attached hydrogens (tertiary/aromatic N) is 1. The first-order valence-electron chi connectivity index (χ1n) is 8.83. The van der Waals surface area contributed by atoms with Crippen LogP contribution >= 0.6 is 24.8 Å². The van der Waals surface area contributed by atoms with Crippen LogP contribution in [0.4, 0.5) is 0 Å². The van der Waals surface area contributed by atoms with Gasteiger partial charge < -0.3 is 10.6 Å². The normalized spacial score (nSPS) is 17.7. The Morgan fingerprint density at radius 3 is 2.32 bits per heavy atom. The van der Waals surface area contributed by atoms with E-state index in [4.69, 9.17) is 0 Å². The van der Waals surface area contributed by atoms with E-state index in [1.54, 1.807) is 0 Å². The second kappa shape index (κ2) is 12.5. The molecule has 0 aromatic heterocycles. The van der Waals surface area contributed by atoms with Crippen molar-refractivity contribution in [1.82, 2.24) is 15.5 Å². The van der Waals surface area contributed by atoms with E-state index in [0.717, 1.165) is 19.0 Å². The smallest absolute Gasteiger partial charge is 0.224 e. The third-order valence-electron chi connectivity index (χ3n) is 4.87. The zero-order valence-corrected chi connectivity index (χ0v) is 17.2. The van der Waals surface area contributed by atoms with Crippen molar-refractivity contribution in [1.29, 1.82) is 0 Å². The quantitative estimate of drug-likeness (QED) is 0.751. The van der Waals surface area contributed by atoms with Crippen molar-refractivity contribution in [3.8, 4) is 0 Å². The summed E-state index contributed by atoms with van der Waals surface area (Å²) in [6, 6.07) is 10.8. The topological polar surface area (TPSA) is 44.4 Å². The maximum atomic E-state index is 12.2. The Morgan fingerprint density at radius 1 is 1.16 bits per heavy atom. The molecule has 0 saturated carbocycles. The highest BCUT2D eigenvalue weighted by atomic mass is 35.5. The van der Waals surface area contributed by atoms with Gasteiger partial charge in [-0.25, -0.2) is 0 Å². The second-order valence-corrected chi connectivity index (χ2v) is 6.85. The third kappa shape index (κ3) is 7.53. The van der Waals surface area contributed by atoms with Gasteiger partial charge >= 0.3 is 0 Å². The van der Waals surface area contributed by atoms with Crippen LogP contribution in [0.3, 0.4) is 0 Å². The largest absolute Gasteiger partial charge is 0.354 e. The third-order valence-corrected chi connectivity index (χ3v) is 4.87. The molecule has 25 heavy (non-hydrogen) atoms. The Bertz CT molecular complexity index is 479. The number of carbonyl (C=O) groups is 1. The minimum absolute atomic E-state index is 0. The van der Waals surface area contributed by atoms with Crippen LogP contribution in [-0.4, -0.2) is 44.0 Å². The number of carbonyl (C=O) groups excluding carboxylic acids is 1. The standard InChI is InChI=1S/C19H31N3O.2ClH/c1-15-9-11-22(12-10-15)18(17-7-5-4-6-8-17)14-21-19(23)16(2)13-20-3;;/h4-8,15-16,18,20H,9-14H2,1-3H3,(H,21,23);2*1H. The van der Waals surface area contributed by atoms with Crippen LogP contribution < -0.4 is 10.6 Å². The number of amides is 1. The van der Waals surface area contributed by atoms with Crippen LogP contribution in [0.15, 0.2) is 30.3 Å². The number of piperidine rings is 1. The van der Waals surface area contributed by atoms with Crippen LogP contribution in [0.1, 0.15) is 38.3 Å². The number of hydrogen-bond donors (Lipinski definition) is 2. The van der Waals surface area contributed by atoms with E-state index >= 15 is 0 Å². The molecule has 1 heterocycles. The number of nitrogens with one attached hydrogen (secondary N) is 2. The van der Waals surface area contributed by atoms with Crippen LogP contribution in [-0.2, 0) is 4.79 Å². The Kier molecular flexibility index (Phi) is 12.1. The summed E-state index contributed by atoms with van der Waals surface area (Å²) in [5.41, 5.74) is 1.30. The van der Waals surface area contributed by atoms with E-state index in [1.807, 2.05) is 20.0 Å². The van der Waals surface area contributed by atoms with E-state index in [2.05, 4.69) is 46.7 Å². The lowest BCUT2D eigenvalue weighted by atomic mass is 9.95. The van der Waals surface area contributed by atoms with Crippen molar-refractivity contribution in [3.63, 3.8) is 0 Å². The fourth-order valence-electron chi connectivity index (χ4n) is 3.24. The number of halogens is 2. The first-order chi connectivity index (χ1) is 11.1. The highest BCUT2D eigenvalue weighted by Crippen LogP contribution is 2.26. The summed E-state index contributed by atoms with van der Waals surface area (Å²) in [4.78, 5) is 14.8. The number of rotatable bonds is 7. The molecule has 144 valence electrons. The minimum Gasteiger partial charge on any atom is -0.354 e. The Balaban J connectivity index is 0.00000288. The van der Waals surface area contributed by atoms with Crippen LogP contribution in [0.5, 0.6) is 0 Å². The maximum absolute atomic E-state index is 12.2. The summed E-state index contributed by atoms with van der Waals surface area (Å²) < 4.78 is 0. The first-order valence-corrected chi connectivity index (χ1v) is 8.83. The number of benzene rings is 1. The molecule has 0 radical (unpaired) electrons. The molecule has 1 saturated heterocycles. The summed E-state index contributed by atoms with van der Waals surface area (Å²) in [5.74, 6) is 0.941. The molecular weight excluding hydrogens is 357 g/mol. The molecule has 2 atom stereocenters. The number of hydrogen-bond acceptors (Lipinski definition) is 3. The fourth-order valence-corrected chi connectivity index (χ4v) is 3.24. The van der Waals surface area contributed by atoms with E-state index < -0.39 is 0 Å². The molecule has 2 rings (SSSR count). The molecule has 0 aliphatic carbocycles. The van der Waals surface area contributed by atoms with Crippen LogP contribution in [0.25, 0.3) is 0 Å². The van der Waals surface area contributed by atoms with Gasteiger partial charge in [0.15, 0.2) is 0 Å². The lowest BCUT2D eigenvalue weighted by Crippen LogP contribution is -2.43. The van der Waals surface area contributed by atoms with Crippen molar-refractivity contribution in [2.24, 2.45) is 11.8 Å². The van der Waals surface area contributed by atoms with Gasteiger partial charge in [0.1, 0.15) is 0 Å². The van der Waals surface area contributed by atoms with Crippen molar-refractivity contribution >= 4 is 30.7 Å². The fraction of sp³-hybridized carbons (Fsp3) is 0.632. The van der Waals surface area contributed by atoms with Gasteiger partial charge in [-0.15, -0.1) is 24.8 Å². The van der Waals surface area contributed by atoms with Crippen LogP contribution in [0.2, 0.25) is 0 Å². The van der Waals surface area contributed by atoms with Gasteiger partial charge in [0.05, 0.1) is 6.04 Å². The van der Waals surface area contributed by atoms with Gasteiger partial charge in [-0.05, 0) is 44.5 Å². The second-order valence-electron chi connectivity index (χ2n) is 6.85. The molecule has 1 amide bonds. The molecule has 6 heteroatoms. The summed E-state index contributed by atoms with van der Waals surface area (Å²) in [6.07, 6.45) is 2.49. The molecule has 1 aliphatic heterocycles. The van der Waals surface area contributed by atoms with Crippen molar-refractivity contribution < 1.29 is 4.79 Å². The molecule has 1 aromatic rings. The molecule has 1 aromatic carbocycles. The Hall–Kier alpha value is -0.810. The highest BCUT2D eigenvalue weighted by Gasteiger charge is 2.25. The van der Waals surface area contributed by atoms with Gasteiger partial charge in [-0.3, -0.25) is 9.69 Å². The van der Waals surface area contributed by atoms with Crippen molar-refractivity contribution in [2.75, 3.05) is 33.2 Å². The average Bonchev–Trinajstić information content (AvgIpc) is 2.57. The zero-order valence-electron chi connectivity index (χ0n) is 15.5. The Morgan fingerprint density at radius 2 is 1.76 bits per heavy atom. The van der Waals surface area contributed by atoms with Gasteiger partial charge in [0.25, 0.3) is 0 Å². The molecule has 4 nitrogen and oxygen atoms in total. The van der Waals surface area contributed by atoms with Crippen molar-refractivity contribution in [2.45, 2.75) is 32.7 Å². The zero-order chi connectivity index (χ0) is 16.7. The summed E-state index contributed by atoms with van der Waals surface area (Å²) in [5, 5.41) is 6.22. The summed E-state index contributed by atoms with van der Waals surface area (Å²) >= 11 is 0. The van der Waals surface area contributed by atoms with Crippen molar-refractivity contribution in [3.05, 3.63) is 35.9 Å². The lowest BCUT2D eigenvalue weighted by molar-refractivity contribution is -0.124. The average molecular weight is 390 g/mol. The van der Waals surface area contributed by atoms with Gasteiger partial charge in [0, 0.05) is 19.0 Å². The lowest BCUT2D eigenvalue weighted by Gasteiger charge is -2.37. The van der Waals surface area contributed by atoms with Crippen LogP contribution in [0, 0.1) is 11.8 Å². The molecule has 1 fully saturated rings. The van der Waals surface area contributed by atoms with E-state index in [0.29, 0.717) is 13.1 Å². The first kappa shape index (κ1) is 24.2.